The minimum Gasteiger partial charge on any atom is -0.481 e. The van der Waals surface area contributed by atoms with E-state index in [1.807, 2.05) is 18.2 Å². The molecule has 2 aromatic rings. The molecule has 0 aliphatic carbocycles. The van der Waals surface area contributed by atoms with Gasteiger partial charge >= 0.3 is 5.97 Å². The maximum atomic E-state index is 12.5. The maximum absolute atomic E-state index is 12.5. The SMILES string of the molecule is CN(C(=O)C(CC(=O)O)NCc1ccco1)c1ccccc1. The highest BCUT2D eigenvalue weighted by Crippen LogP contribution is 2.13. The van der Waals surface area contributed by atoms with Crippen LogP contribution in [-0.4, -0.2) is 30.1 Å². The molecule has 0 aliphatic rings. The highest BCUT2D eigenvalue weighted by molar-refractivity contribution is 5.98. The summed E-state index contributed by atoms with van der Waals surface area (Å²) < 4.78 is 5.18. The zero-order valence-electron chi connectivity index (χ0n) is 12.2. The molecule has 0 saturated carbocycles. The minimum atomic E-state index is -1.04. The standard InChI is InChI=1S/C16H18N2O4/c1-18(12-6-3-2-4-7-12)16(21)14(10-15(19)20)17-11-13-8-5-9-22-13/h2-9,14,17H,10-11H2,1H3,(H,19,20). The first kappa shape index (κ1) is 15.8. The number of carboxylic acid groups (broad SMARTS) is 1. The van der Waals surface area contributed by atoms with E-state index in [9.17, 15) is 9.59 Å². The van der Waals surface area contributed by atoms with Gasteiger partial charge < -0.3 is 14.4 Å². The molecule has 6 nitrogen and oxygen atoms in total. The van der Waals surface area contributed by atoms with E-state index < -0.39 is 12.0 Å². The first-order valence-electron chi connectivity index (χ1n) is 6.88. The number of carbonyl (C=O) groups excluding carboxylic acids is 1. The van der Waals surface area contributed by atoms with Gasteiger partial charge in [-0.15, -0.1) is 0 Å². The Bertz CT molecular complexity index is 610. The lowest BCUT2D eigenvalue weighted by atomic mass is 10.1. The van der Waals surface area contributed by atoms with Crippen molar-refractivity contribution in [3.63, 3.8) is 0 Å². The van der Waals surface area contributed by atoms with E-state index in [0.29, 0.717) is 18.0 Å². The third-order valence-corrected chi connectivity index (χ3v) is 3.25. The number of aliphatic carboxylic acids is 1. The summed E-state index contributed by atoms with van der Waals surface area (Å²) in [5.41, 5.74) is 0.711. The molecule has 1 amide bonds. The van der Waals surface area contributed by atoms with Gasteiger partial charge in [0.25, 0.3) is 0 Å². The number of carboxylic acids is 1. The number of hydrogen-bond donors (Lipinski definition) is 2. The molecule has 1 aromatic heterocycles. The predicted molar refractivity (Wildman–Crippen MR) is 81.4 cm³/mol. The normalized spacial score (nSPS) is 11.9. The van der Waals surface area contributed by atoms with E-state index in [4.69, 9.17) is 9.52 Å². The molecule has 1 aromatic carbocycles. The van der Waals surface area contributed by atoms with Crippen LogP contribution in [-0.2, 0) is 16.1 Å². The summed E-state index contributed by atoms with van der Waals surface area (Å²) in [5, 5.41) is 11.9. The number of amides is 1. The molecule has 0 aliphatic heterocycles. The van der Waals surface area contributed by atoms with Gasteiger partial charge in [-0.25, -0.2) is 0 Å². The predicted octanol–water partition coefficient (Wildman–Crippen LogP) is 1.88. The van der Waals surface area contributed by atoms with Gasteiger partial charge in [0.2, 0.25) is 5.91 Å². The molecule has 0 radical (unpaired) electrons. The third kappa shape index (κ3) is 4.20. The number of nitrogens with one attached hydrogen (secondary N) is 1. The van der Waals surface area contributed by atoms with Gasteiger partial charge in [-0.3, -0.25) is 14.9 Å². The van der Waals surface area contributed by atoms with Crippen LogP contribution in [0, 0.1) is 0 Å². The lowest BCUT2D eigenvalue weighted by Gasteiger charge is -2.23. The number of rotatable bonds is 7. The fourth-order valence-corrected chi connectivity index (χ4v) is 2.07. The largest absolute Gasteiger partial charge is 0.481 e. The first-order valence-corrected chi connectivity index (χ1v) is 6.88. The van der Waals surface area contributed by atoms with E-state index in [2.05, 4.69) is 5.32 Å². The quantitative estimate of drug-likeness (QED) is 0.816. The van der Waals surface area contributed by atoms with Crippen molar-refractivity contribution in [2.45, 2.75) is 19.0 Å². The topological polar surface area (TPSA) is 82.8 Å². The van der Waals surface area contributed by atoms with Crippen molar-refractivity contribution in [2.24, 2.45) is 0 Å². The van der Waals surface area contributed by atoms with E-state index in [0.717, 1.165) is 0 Å². The van der Waals surface area contributed by atoms with Crippen LogP contribution in [0.2, 0.25) is 0 Å². The van der Waals surface area contributed by atoms with Crippen LogP contribution >= 0.6 is 0 Å². The van der Waals surface area contributed by atoms with Gasteiger partial charge in [0.1, 0.15) is 5.76 Å². The summed E-state index contributed by atoms with van der Waals surface area (Å²) in [6, 6.07) is 11.8. The van der Waals surface area contributed by atoms with E-state index in [1.165, 1.54) is 11.2 Å². The summed E-state index contributed by atoms with van der Waals surface area (Å²) in [7, 11) is 1.63. The molecular formula is C16H18N2O4. The number of nitrogens with zero attached hydrogens (tertiary/aromatic N) is 1. The van der Waals surface area contributed by atoms with Crippen LogP contribution in [0.5, 0.6) is 0 Å². The molecule has 1 heterocycles. The fraction of sp³-hybridized carbons (Fsp3) is 0.250. The summed E-state index contributed by atoms with van der Waals surface area (Å²) in [5.74, 6) is -0.697. The average Bonchev–Trinajstić information content (AvgIpc) is 3.04. The third-order valence-electron chi connectivity index (χ3n) is 3.25. The number of likely N-dealkylation sites (N-methyl/N-ethyl adjacent to an activating group) is 1. The van der Waals surface area contributed by atoms with Crippen molar-refractivity contribution < 1.29 is 19.1 Å². The second-order valence-corrected chi connectivity index (χ2v) is 4.84. The van der Waals surface area contributed by atoms with Crippen LogP contribution in [0.15, 0.2) is 53.1 Å². The van der Waals surface area contributed by atoms with Gasteiger partial charge in [-0.1, -0.05) is 18.2 Å². The van der Waals surface area contributed by atoms with Crippen molar-refractivity contribution in [3.8, 4) is 0 Å². The molecular weight excluding hydrogens is 284 g/mol. The number of carbonyl (C=O) groups is 2. The number of furan rings is 1. The smallest absolute Gasteiger partial charge is 0.305 e. The van der Waals surface area contributed by atoms with Gasteiger partial charge in [-0.2, -0.15) is 0 Å². The fourth-order valence-electron chi connectivity index (χ4n) is 2.07. The monoisotopic (exact) mass is 302 g/mol. The molecule has 1 unspecified atom stereocenters. The molecule has 0 saturated heterocycles. The number of para-hydroxylation sites is 1. The van der Waals surface area contributed by atoms with Crippen LogP contribution < -0.4 is 10.2 Å². The molecule has 116 valence electrons. The molecule has 0 fully saturated rings. The van der Waals surface area contributed by atoms with Crippen molar-refractivity contribution in [2.75, 3.05) is 11.9 Å². The van der Waals surface area contributed by atoms with Crippen LogP contribution in [0.4, 0.5) is 5.69 Å². The Morgan fingerprint density at radius 1 is 1.23 bits per heavy atom. The molecule has 2 N–H and O–H groups in total. The Balaban J connectivity index is 2.06. The highest BCUT2D eigenvalue weighted by Gasteiger charge is 2.25. The van der Waals surface area contributed by atoms with Gasteiger partial charge in [-0.05, 0) is 24.3 Å². The van der Waals surface area contributed by atoms with E-state index in [1.54, 1.807) is 31.3 Å². The Morgan fingerprint density at radius 3 is 2.55 bits per heavy atom. The van der Waals surface area contributed by atoms with Crippen LogP contribution in [0.3, 0.4) is 0 Å². The summed E-state index contributed by atoms with van der Waals surface area (Å²) >= 11 is 0. The second-order valence-electron chi connectivity index (χ2n) is 4.84. The summed E-state index contributed by atoms with van der Waals surface area (Å²) in [4.78, 5) is 25.0. The maximum Gasteiger partial charge on any atom is 0.305 e. The molecule has 6 heteroatoms. The van der Waals surface area contributed by atoms with E-state index in [-0.39, 0.29) is 12.3 Å². The Labute approximate surface area is 128 Å². The zero-order valence-corrected chi connectivity index (χ0v) is 12.2. The van der Waals surface area contributed by atoms with Crippen LogP contribution in [0.25, 0.3) is 0 Å². The number of anilines is 1. The number of hydrogen-bond acceptors (Lipinski definition) is 4. The van der Waals surface area contributed by atoms with Crippen LogP contribution in [0.1, 0.15) is 12.2 Å². The van der Waals surface area contributed by atoms with Crippen molar-refractivity contribution in [1.29, 1.82) is 0 Å². The second kappa shape index (κ2) is 7.42. The summed E-state index contributed by atoms with van der Waals surface area (Å²) in [6.45, 7) is 0.291. The molecule has 0 bridgehead atoms. The van der Waals surface area contributed by atoms with Crippen molar-refractivity contribution in [1.82, 2.24) is 5.32 Å². The molecule has 22 heavy (non-hydrogen) atoms. The van der Waals surface area contributed by atoms with Gasteiger partial charge in [0, 0.05) is 12.7 Å². The Hall–Kier alpha value is -2.60. The lowest BCUT2D eigenvalue weighted by Crippen LogP contribution is -2.46. The molecule has 2 rings (SSSR count). The molecule has 0 spiro atoms. The zero-order chi connectivity index (χ0) is 15.9. The molecule has 1 atom stereocenters. The number of benzene rings is 1. The highest BCUT2D eigenvalue weighted by atomic mass is 16.4. The lowest BCUT2D eigenvalue weighted by molar-refractivity contribution is -0.139. The van der Waals surface area contributed by atoms with Crippen molar-refractivity contribution in [3.05, 3.63) is 54.5 Å². The Kier molecular flexibility index (Phi) is 5.32. The minimum absolute atomic E-state index is 0.291. The van der Waals surface area contributed by atoms with Gasteiger partial charge in [0.15, 0.2) is 0 Å². The van der Waals surface area contributed by atoms with E-state index >= 15 is 0 Å². The Morgan fingerprint density at radius 2 is 1.95 bits per heavy atom. The average molecular weight is 302 g/mol. The van der Waals surface area contributed by atoms with Crippen molar-refractivity contribution >= 4 is 17.6 Å². The summed E-state index contributed by atoms with van der Waals surface area (Å²) in [6.07, 6.45) is 1.23. The van der Waals surface area contributed by atoms with Gasteiger partial charge in [0.05, 0.1) is 25.3 Å². The first-order chi connectivity index (χ1) is 10.6.